The fraction of sp³-hybridized carbons (Fsp3) is 0.357. The highest BCUT2D eigenvalue weighted by Gasteiger charge is 2.19. The van der Waals surface area contributed by atoms with Gasteiger partial charge in [-0.15, -0.1) is 11.3 Å². The van der Waals surface area contributed by atoms with Gasteiger partial charge in [-0.25, -0.2) is 9.78 Å². The molecule has 0 aromatic carbocycles. The average molecular weight is 307 g/mol. The topological polar surface area (TPSA) is 84.1 Å². The molecule has 0 aliphatic heterocycles. The molecule has 0 spiro atoms. The fourth-order valence-electron chi connectivity index (χ4n) is 1.94. The Morgan fingerprint density at radius 3 is 2.81 bits per heavy atom. The molecule has 2 aromatic rings. The van der Waals surface area contributed by atoms with Crippen molar-refractivity contribution in [3.05, 3.63) is 33.5 Å². The predicted octanol–water partition coefficient (Wildman–Crippen LogP) is 2.45. The van der Waals surface area contributed by atoms with Crippen LogP contribution in [0.25, 0.3) is 0 Å². The number of aromatic nitrogens is 2. The normalized spacial score (nSPS) is 10.4. The predicted molar refractivity (Wildman–Crippen MR) is 80.7 cm³/mol. The van der Waals surface area contributed by atoms with Gasteiger partial charge in [-0.3, -0.25) is 4.79 Å². The number of nitrogens with one attached hydrogen (secondary N) is 2. The second-order valence-electron chi connectivity index (χ2n) is 4.51. The van der Waals surface area contributed by atoms with Crippen LogP contribution in [0.4, 0.5) is 5.69 Å². The molecule has 0 saturated carbocycles. The first-order valence-electron chi connectivity index (χ1n) is 6.57. The number of hydrogen-bond acceptors (Lipinski definition) is 5. The maximum atomic E-state index is 12.0. The van der Waals surface area contributed by atoms with Crippen LogP contribution in [0, 0.1) is 13.8 Å². The molecule has 7 heteroatoms. The number of carbonyl (C=O) groups excluding carboxylic acids is 2. The Bertz CT molecular complexity index is 660. The molecule has 0 fully saturated rings. The summed E-state index contributed by atoms with van der Waals surface area (Å²) in [4.78, 5) is 31.1. The highest BCUT2D eigenvalue weighted by atomic mass is 32.1. The Morgan fingerprint density at radius 2 is 2.19 bits per heavy atom. The number of amides is 1. The van der Waals surface area contributed by atoms with E-state index in [1.165, 1.54) is 11.3 Å². The molecular weight excluding hydrogens is 290 g/mol. The molecule has 6 nitrogen and oxygen atoms in total. The van der Waals surface area contributed by atoms with Gasteiger partial charge in [0.1, 0.15) is 5.56 Å². The summed E-state index contributed by atoms with van der Waals surface area (Å²) in [6, 6.07) is 0. The summed E-state index contributed by atoms with van der Waals surface area (Å²) in [7, 11) is 0. The number of esters is 1. The summed E-state index contributed by atoms with van der Waals surface area (Å²) in [5.74, 6) is -0.666. The highest BCUT2D eigenvalue weighted by molar-refractivity contribution is 7.09. The minimum absolute atomic E-state index is 0.177. The second kappa shape index (κ2) is 6.53. The van der Waals surface area contributed by atoms with Gasteiger partial charge >= 0.3 is 5.97 Å². The van der Waals surface area contributed by atoms with Crippen molar-refractivity contribution in [2.75, 3.05) is 11.9 Å². The van der Waals surface area contributed by atoms with Crippen LogP contribution in [0.1, 0.15) is 33.7 Å². The number of rotatable bonds is 5. The molecule has 0 saturated heterocycles. The van der Waals surface area contributed by atoms with Gasteiger partial charge in [-0.1, -0.05) is 0 Å². The number of aryl methyl sites for hydroxylation is 2. The minimum atomic E-state index is -0.448. The molecule has 0 aliphatic carbocycles. The van der Waals surface area contributed by atoms with Gasteiger partial charge in [0, 0.05) is 17.3 Å². The van der Waals surface area contributed by atoms with E-state index >= 15 is 0 Å². The number of nitrogens with zero attached hydrogens (tertiary/aromatic N) is 1. The lowest BCUT2D eigenvalue weighted by Crippen LogP contribution is -2.17. The molecule has 1 amide bonds. The minimum Gasteiger partial charge on any atom is -0.462 e. The quantitative estimate of drug-likeness (QED) is 0.831. The standard InChI is InChI=1S/C14H17N3O3S/c1-4-20-14(19)13-8(2)15-6-11(13)17-12(18)5-10-7-21-9(3)16-10/h6-7,15H,4-5H2,1-3H3,(H,17,18). The lowest BCUT2D eigenvalue weighted by Gasteiger charge is -2.06. The largest absolute Gasteiger partial charge is 0.462 e. The summed E-state index contributed by atoms with van der Waals surface area (Å²) in [5.41, 5.74) is 2.18. The molecule has 2 N–H and O–H groups in total. The first-order chi connectivity index (χ1) is 10.0. The van der Waals surface area contributed by atoms with Gasteiger partial charge in [-0.2, -0.15) is 0 Å². The van der Waals surface area contributed by atoms with E-state index in [2.05, 4.69) is 15.3 Å². The van der Waals surface area contributed by atoms with Gasteiger partial charge in [-0.05, 0) is 20.8 Å². The lowest BCUT2D eigenvalue weighted by atomic mass is 10.2. The molecule has 2 heterocycles. The molecule has 0 aliphatic rings. The van der Waals surface area contributed by atoms with Crippen molar-refractivity contribution in [3.8, 4) is 0 Å². The van der Waals surface area contributed by atoms with Crippen LogP contribution < -0.4 is 5.32 Å². The Kier molecular flexibility index (Phi) is 4.74. The maximum absolute atomic E-state index is 12.0. The van der Waals surface area contributed by atoms with E-state index in [1.807, 2.05) is 12.3 Å². The smallest absolute Gasteiger partial charge is 0.342 e. The molecule has 2 aromatic heterocycles. The molecule has 0 radical (unpaired) electrons. The number of hydrogen-bond donors (Lipinski definition) is 2. The van der Waals surface area contributed by atoms with Crippen molar-refractivity contribution in [2.45, 2.75) is 27.2 Å². The van der Waals surface area contributed by atoms with E-state index in [0.29, 0.717) is 16.9 Å². The van der Waals surface area contributed by atoms with Crippen LogP contribution in [0.5, 0.6) is 0 Å². The zero-order valence-corrected chi connectivity index (χ0v) is 13.0. The van der Waals surface area contributed by atoms with E-state index in [-0.39, 0.29) is 18.9 Å². The van der Waals surface area contributed by atoms with Gasteiger partial charge < -0.3 is 15.0 Å². The Balaban J connectivity index is 2.09. The van der Waals surface area contributed by atoms with E-state index < -0.39 is 5.97 Å². The van der Waals surface area contributed by atoms with Crippen LogP contribution in [-0.2, 0) is 16.0 Å². The third-order valence-corrected chi connectivity index (χ3v) is 3.66. The molecule has 0 bridgehead atoms. The number of carbonyl (C=O) groups is 2. The number of H-pyrrole nitrogens is 1. The first-order valence-corrected chi connectivity index (χ1v) is 7.45. The molecule has 112 valence electrons. The average Bonchev–Trinajstić information content (AvgIpc) is 2.96. The number of anilines is 1. The van der Waals surface area contributed by atoms with Gasteiger partial charge in [0.25, 0.3) is 0 Å². The molecular formula is C14H17N3O3S. The van der Waals surface area contributed by atoms with Crippen LogP contribution in [0.3, 0.4) is 0 Å². The van der Waals surface area contributed by atoms with E-state index in [1.54, 1.807) is 20.0 Å². The zero-order valence-electron chi connectivity index (χ0n) is 12.1. The van der Waals surface area contributed by atoms with Crippen LogP contribution in [-0.4, -0.2) is 28.5 Å². The van der Waals surface area contributed by atoms with Crippen LogP contribution in [0.15, 0.2) is 11.6 Å². The molecule has 0 atom stereocenters. The van der Waals surface area contributed by atoms with Crippen molar-refractivity contribution in [2.24, 2.45) is 0 Å². The number of thiazole rings is 1. The summed E-state index contributed by atoms with van der Waals surface area (Å²) >= 11 is 1.50. The maximum Gasteiger partial charge on any atom is 0.342 e. The van der Waals surface area contributed by atoms with Crippen molar-refractivity contribution < 1.29 is 14.3 Å². The molecule has 21 heavy (non-hydrogen) atoms. The SMILES string of the molecule is CCOC(=O)c1c(NC(=O)Cc2csc(C)n2)c[nH]c1C. The van der Waals surface area contributed by atoms with Gasteiger partial charge in [0.2, 0.25) is 5.91 Å². The Morgan fingerprint density at radius 1 is 1.43 bits per heavy atom. The molecule has 2 rings (SSSR count). The second-order valence-corrected chi connectivity index (χ2v) is 5.57. The Hall–Kier alpha value is -2.15. The third kappa shape index (κ3) is 3.69. The van der Waals surface area contributed by atoms with Crippen molar-refractivity contribution in [3.63, 3.8) is 0 Å². The number of aromatic amines is 1. The Labute approximate surface area is 126 Å². The highest BCUT2D eigenvalue weighted by Crippen LogP contribution is 2.20. The van der Waals surface area contributed by atoms with Gasteiger partial charge in [0.15, 0.2) is 0 Å². The van der Waals surface area contributed by atoms with E-state index in [4.69, 9.17) is 4.74 Å². The zero-order chi connectivity index (χ0) is 15.4. The fourth-order valence-corrected chi connectivity index (χ4v) is 2.55. The lowest BCUT2D eigenvalue weighted by molar-refractivity contribution is -0.115. The van der Waals surface area contributed by atoms with E-state index in [9.17, 15) is 9.59 Å². The summed E-state index contributed by atoms with van der Waals surface area (Å²) in [6.07, 6.45) is 1.77. The third-order valence-electron chi connectivity index (χ3n) is 2.84. The first kappa shape index (κ1) is 15.2. The summed E-state index contributed by atoms with van der Waals surface area (Å²) in [6.45, 7) is 5.67. The van der Waals surface area contributed by atoms with Crippen molar-refractivity contribution >= 4 is 28.9 Å². The van der Waals surface area contributed by atoms with Gasteiger partial charge in [0.05, 0.1) is 29.4 Å². The van der Waals surface area contributed by atoms with Crippen LogP contribution in [0.2, 0.25) is 0 Å². The van der Waals surface area contributed by atoms with Crippen molar-refractivity contribution in [1.29, 1.82) is 0 Å². The van der Waals surface area contributed by atoms with Crippen molar-refractivity contribution in [1.82, 2.24) is 9.97 Å². The van der Waals surface area contributed by atoms with E-state index in [0.717, 1.165) is 10.7 Å². The summed E-state index contributed by atoms with van der Waals surface area (Å²) in [5, 5.41) is 5.49. The number of ether oxygens (including phenoxy) is 1. The monoisotopic (exact) mass is 307 g/mol. The van der Waals surface area contributed by atoms with Crippen LogP contribution >= 0.6 is 11.3 Å². The molecule has 0 unspecified atom stereocenters. The summed E-state index contributed by atoms with van der Waals surface area (Å²) < 4.78 is 4.99.